The van der Waals surface area contributed by atoms with Crippen LogP contribution in [0.3, 0.4) is 0 Å². The van der Waals surface area contributed by atoms with Crippen LogP contribution in [-0.4, -0.2) is 20.5 Å². The van der Waals surface area contributed by atoms with Crippen LogP contribution < -0.4 is 0 Å². The van der Waals surface area contributed by atoms with E-state index in [0.29, 0.717) is 16.6 Å². The fraction of sp³-hybridized carbons (Fsp3) is 0.103. The molecule has 1 saturated heterocycles. The van der Waals surface area contributed by atoms with E-state index >= 15 is 0 Å². The lowest BCUT2D eigenvalue weighted by molar-refractivity contribution is -0.122. The summed E-state index contributed by atoms with van der Waals surface area (Å²) in [5.74, 6) is -0.0207. The van der Waals surface area contributed by atoms with Crippen LogP contribution in [0.4, 0.5) is 5.69 Å². The lowest BCUT2D eigenvalue weighted by atomic mass is 10.2. The van der Waals surface area contributed by atoms with Gasteiger partial charge in [0, 0.05) is 20.6 Å². The summed E-state index contributed by atoms with van der Waals surface area (Å²) in [6.07, 6.45) is 2.00. The molecule has 4 aromatic rings. The van der Waals surface area contributed by atoms with E-state index in [-0.39, 0.29) is 5.91 Å². The summed E-state index contributed by atoms with van der Waals surface area (Å²) in [6, 6.07) is 30.4. The first kappa shape index (κ1) is 23.6. The Balaban J connectivity index is 1.52. The minimum Gasteiger partial charge on any atom is -0.318 e. The molecule has 1 fully saturated rings. The number of hydrogen-bond acceptors (Lipinski definition) is 3. The molecule has 3 aromatic carbocycles. The Kier molecular flexibility index (Phi) is 6.92. The number of aliphatic imine (C=N–C) groups is 1. The number of thioether (sulfide) groups is 1. The van der Waals surface area contributed by atoms with Crippen LogP contribution in [0, 0.1) is 17.4 Å². The number of hydrogen-bond donors (Lipinski definition) is 0. The molecule has 6 heteroatoms. The molecule has 1 aliphatic heterocycles. The van der Waals surface area contributed by atoms with E-state index in [2.05, 4.69) is 71.3 Å². The zero-order valence-corrected chi connectivity index (χ0v) is 22.5. The third-order valence-electron chi connectivity index (χ3n) is 5.89. The molecule has 0 unspecified atom stereocenters. The number of halogens is 1. The summed E-state index contributed by atoms with van der Waals surface area (Å²) in [6.45, 7) is 4.68. The van der Waals surface area contributed by atoms with Crippen LogP contribution in [-0.2, 0) is 11.3 Å². The largest absolute Gasteiger partial charge is 0.318 e. The predicted molar refractivity (Wildman–Crippen MR) is 154 cm³/mol. The van der Waals surface area contributed by atoms with Crippen molar-refractivity contribution in [3.63, 3.8) is 0 Å². The van der Waals surface area contributed by atoms with Gasteiger partial charge in [-0.05, 0) is 108 Å². The molecule has 0 spiro atoms. The van der Waals surface area contributed by atoms with Gasteiger partial charge in [0.25, 0.3) is 5.91 Å². The summed E-state index contributed by atoms with van der Waals surface area (Å²) in [7, 11) is 0. The van der Waals surface area contributed by atoms with Crippen molar-refractivity contribution in [3.05, 3.63) is 122 Å². The minimum atomic E-state index is -0.0207. The predicted octanol–water partition coefficient (Wildman–Crippen LogP) is 7.50. The molecule has 0 saturated carbocycles. The van der Waals surface area contributed by atoms with Gasteiger partial charge in [-0.3, -0.25) is 9.69 Å². The number of nitrogens with zero attached hydrogens (tertiary/aromatic N) is 3. The molecule has 0 N–H and O–H groups in total. The molecule has 174 valence electrons. The van der Waals surface area contributed by atoms with Crippen LogP contribution >= 0.6 is 34.4 Å². The van der Waals surface area contributed by atoms with Crippen LogP contribution in [0.2, 0.25) is 0 Å². The van der Waals surface area contributed by atoms with E-state index in [1.54, 1.807) is 4.90 Å². The second-order valence-corrected chi connectivity index (χ2v) is 10.6. The monoisotopic (exact) mass is 589 g/mol. The maximum Gasteiger partial charge on any atom is 0.267 e. The second-order valence-electron chi connectivity index (χ2n) is 8.36. The summed E-state index contributed by atoms with van der Waals surface area (Å²) < 4.78 is 3.43. The number of aromatic nitrogens is 1. The first-order valence-electron chi connectivity index (χ1n) is 11.3. The van der Waals surface area contributed by atoms with Gasteiger partial charge in [0.15, 0.2) is 5.17 Å². The maximum atomic E-state index is 13.6. The molecule has 0 bridgehead atoms. The van der Waals surface area contributed by atoms with Gasteiger partial charge in [0.05, 0.1) is 17.1 Å². The van der Waals surface area contributed by atoms with Crippen molar-refractivity contribution in [1.29, 1.82) is 0 Å². The Morgan fingerprint density at radius 3 is 2.26 bits per heavy atom. The van der Waals surface area contributed by atoms with Gasteiger partial charge in [-0.1, -0.05) is 48.5 Å². The quantitative estimate of drug-likeness (QED) is 0.179. The second kappa shape index (κ2) is 10.3. The lowest BCUT2D eigenvalue weighted by Crippen LogP contribution is -2.28. The average molecular weight is 590 g/mol. The Labute approximate surface area is 223 Å². The summed E-state index contributed by atoms with van der Waals surface area (Å²) in [4.78, 5) is 20.8. The fourth-order valence-corrected chi connectivity index (χ4v) is 5.52. The SMILES string of the molecule is Cc1cc(/C=C2\SC(=Nc3ccccc3)N(Cc3ccccc3)C2=O)c(C)n1-c1ccc(I)cc1. The van der Waals surface area contributed by atoms with Crippen LogP contribution in [0.25, 0.3) is 11.8 Å². The van der Waals surface area contributed by atoms with Gasteiger partial charge in [0.1, 0.15) is 0 Å². The van der Waals surface area contributed by atoms with Crippen LogP contribution in [0.5, 0.6) is 0 Å². The molecule has 0 radical (unpaired) electrons. The van der Waals surface area contributed by atoms with Crippen LogP contribution in [0.1, 0.15) is 22.5 Å². The molecular formula is C29H24IN3OS. The molecule has 1 aliphatic rings. The maximum absolute atomic E-state index is 13.6. The fourth-order valence-electron chi connectivity index (χ4n) is 4.17. The van der Waals surface area contributed by atoms with Gasteiger partial charge in [-0.2, -0.15) is 0 Å². The number of carbonyl (C=O) groups is 1. The molecule has 2 heterocycles. The van der Waals surface area contributed by atoms with E-state index in [0.717, 1.165) is 33.9 Å². The van der Waals surface area contributed by atoms with Crippen molar-refractivity contribution in [2.75, 3.05) is 0 Å². The number of amides is 1. The van der Waals surface area contributed by atoms with Gasteiger partial charge < -0.3 is 4.57 Å². The Hall–Kier alpha value is -3.10. The number of amidine groups is 1. The molecular weight excluding hydrogens is 565 g/mol. The molecule has 0 atom stereocenters. The first-order chi connectivity index (χ1) is 17.0. The number of carbonyl (C=O) groups excluding carboxylic acids is 1. The Morgan fingerprint density at radius 2 is 1.57 bits per heavy atom. The summed E-state index contributed by atoms with van der Waals surface area (Å²) in [5.41, 5.74) is 6.29. The molecule has 5 rings (SSSR count). The Morgan fingerprint density at radius 1 is 0.914 bits per heavy atom. The average Bonchev–Trinajstić information content (AvgIpc) is 3.31. The van der Waals surface area contributed by atoms with E-state index in [1.807, 2.05) is 66.7 Å². The number of rotatable bonds is 5. The molecule has 1 aromatic heterocycles. The lowest BCUT2D eigenvalue weighted by Gasteiger charge is -2.15. The smallest absolute Gasteiger partial charge is 0.267 e. The zero-order chi connectivity index (χ0) is 24.4. The van der Waals surface area contributed by atoms with E-state index in [9.17, 15) is 4.79 Å². The minimum absolute atomic E-state index is 0.0207. The van der Waals surface area contributed by atoms with Gasteiger partial charge in [-0.15, -0.1) is 0 Å². The summed E-state index contributed by atoms with van der Waals surface area (Å²) in [5, 5.41) is 0.697. The van der Waals surface area contributed by atoms with Crippen molar-refractivity contribution in [1.82, 2.24) is 9.47 Å². The number of aryl methyl sites for hydroxylation is 1. The van der Waals surface area contributed by atoms with E-state index < -0.39 is 0 Å². The molecule has 4 nitrogen and oxygen atoms in total. The highest BCUT2D eigenvalue weighted by Crippen LogP contribution is 2.36. The number of benzene rings is 3. The van der Waals surface area contributed by atoms with Crippen molar-refractivity contribution in [2.24, 2.45) is 4.99 Å². The third-order valence-corrected chi connectivity index (χ3v) is 7.62. The summed E-state index contributed by atoms with van der Waals surface area (Å²) >= 11 is 3.75. The van der Waals surface area contributed by atoms with Crippen molar-refractivity contribution in [2.45, 2.75) is 20.4 Å². The first-order valence-corrected chi connectivity index (χ1v) is 13.2. The molecule has 0 aliphatic carbocycles. The van der Waals surface area contributed by atoms with Crippen LogP contribution in [0.15, 0.2) is 101 Å². The standard InChI is InChI=1S/C29H24IN3OS/c1-20-17-23(21(2)33(20)26-15-13-24(30)14-16-26)18-27-28(34)32(19-22-9-5-3-6-10-22)29(35-27)31-25-11-7-4-8-12-25/h3-18H,19H2,1-2H3/b27-18-,31-29?. The highest BCUT2D eigenvalue weighted by atomic mass is 127. The van der Waals surface area contributed by atoms with Gasteiger partial charge in [-0.25, -0.2) is 4.99 Å². The molecule has 35 heavy (non-hydrogen) atoms. The number of para-hydroxylation sites is 1. The zero-order valence-electron chi connectivity index (χ0n) is 19.5. The topological polar surface area (TPSA) is 37.6 Å². The third kappa shape index (κ3) is 5.13. The van der Waals surface area contributed by atoms with Crippen molar-refractivity contribution in [3.8, 4) is 5.69 Å². The van der Waals surface area contributed by atoms with Gasteiger partial charge >= 0.3 is 0 Å². The normalized spacial score (nSPS) is 16.0. The van der Waals surface area contributed by atoms with Gasteiger partial charge in [0.2, 0.25) is 0 Å². The Bertz CT molecular complexity index is 1420. The highest BCUT2D eigenvalue weighted by Gasteiger charge is 2.33. The molecule has 1 amide bonds. The van der Waals surface area contributed by atoms with Crippen molar-refractivity contribution >= 4 is 57.2 Å². The highest BCUT2D eigenvalue weighted by molar-refractivity contribution is 14.1. The van der Waals surface area contributed by atoms with E-state index in [1.165, 1.54) is 15.3 Å². The van der Waals surface area contributed by atoms with Crippen molar-refractivity contribution < 1.29 is 4.79 Å². The van der Waals surface area contributed by atoms with E-state index in [4.69, 9.17) is 4.99 Å².